The average Bonchev–Trinajstić information content (AvgIpc) is 2.95. The summed E-state index contributed by atoms with van der Waals surface area (Å²) in [4.78, 5) is 13.2. The normalized spacial score (nSPS) is 18.8. The molecule has 1 rings (SSSR count). The molecular formula is C9H17NO3. The van der Waals surface area contributed by atoms with E-state index in [1.165, 1.54) is 7.11 Å². The Kier molecular flexibility index (Phi) is 3.69. The first-order chi connectivity index (χ1) is 6.20. The molecule has 0 aliphatic heterocycles. The van der Waals surface area contributed by atoms with Crippen LogP contribution in [0.25, 0.3) is 0 Å². The van der Waals surface area contributed by atoms with Gasteiger partial charge in [-0.15, -0.1) is 0 Å². The number of esters is 1. The van der Waals surface area contributed by atoms with Crippen molar-refractivity contribution in [2.75, 3.05) is 20.3 Å². The maximum atomic E-state index is 11.2. The first kappa shape index (κ1) is 10.5. The number of nitrogens with zero attached hydrogens (tertiary/aromatic N) is 1. The quantitative estimate of drug-likeness (QED) is 0.616. The SMILES string of the molecule is COC(=O)C(C)N(CCO)C1CC1. The van der Waals surface area contributed by atoms with E-state index in [1.54, 1.807) is 0 Å². The number of carbonyl (C=O) groups excluding carboxylic acids is 1. The van der Waals surface area contributed by atoms with Crippen LogP contribution in [0.4, 0.5) is 0 Å². The molecule has 0 amide bonds. The predicted octanol–water partition coefficient (Wildman–Crippen LogP) is 0.00460. The summed E-state index contributed by atoms with van der Waals surface area (Å²) in [6.45, 7) is 2.47. The van der Waals surface area contributed by atoms with Crippen LogP contribution in [0.3, 0.4) is 0 Å². The average molecular weight is 187 g/mol. The van der Waals surface area contributed by atoms with Crippen molar-refractivity contribution in [1.29, 1.82) is 0 Å². The first-order valence-corrected chi connectivity index (χ1v) is 4.65. The zero-order valence-electron chi connectivity index (χ0n) is 8.19. The number of carbonyl (C=O) groups is 1. The van der Waals surface area contributed by atoms with Gasteiger partial charge in [0.2, 0.25) is 0 Å². The van der Waals surface area contributed by atoms with Gasteiger partial charge in [0.15, 0.2) is 0 Å². The van der Waals surface area contributed by atoms with Crippen LogP contribution in [-0.4, -0.2) is 48.3 Å². The molecule has 1 unspecified atom stereocenters. The lowest BCUT2D eigenvalue weighted by molar-refractivity contribution is -0.146. The third-order valence-electron chi connectivity index (χ3n) is 2.41. The minimum Gasteiger partial charge on any atom is -0.468 e. The molecule has 1 fully saturated rings. The second-order valence-corrected chi connectivity index (χ2v) is 3.39. The van der Waals surface area contributed by atoms with E-state index in [1.807, 2.05) is 11.8 Å². The molecule has 0 saturated heterocycles. The maximum absolute atomic E-state index is 11.2. The lowest BCUT2D eigenvalue weighted by atomic mass is 10.2. The fraction of sp³-hybridized carbons (Fsp3) is 0.889. The third-order valence-corrected chi connectivity index (χ3v) is 2.41. The summed E-state index contributed by atoms with van der Waals surface area (Å²) < 4.78 is 4.65. The number of methoxy groups -OCH3 is 1. The van der Waals surface area contributed by atoms with Gasteiger partial charge in [0.25, 0.3) is 0 Å². The van der Waals surface area contributed by atoms with Crippen LogP contribution >= 0.6 is 0 Å². The molecule has 0 radical (unpaired) electrons. The summed E-state index contributed by atoms with van der Waals surface area (Å²) in [5.74, 6) is -0.222. The summed E-state index contributed by atoms with van der Waals surface area (Å²) in [6, 6.07) is 0.242. The fourth-order valence-electron chi connectivity index (χ4n) is 1.52. The van der Waals surface area contributed by atoms with Gasteiger partial charge in [-0.25, -0.2) is 0 Å². The van der Waals surface area contributed by atoms with Crippen LogP contribution in [0.15, 0.2) is 0 Å². The largest absolute Gasteiger partial charge is 0.468 e. The van der Waals surface area contributed by atoms with Gasteiger partial charge in [0.05, 0.1) is 13.7 Å². The first-order valence-electron chi connectivity index (χ1n) is 4.65. The number of hydrogen-bond donors (Lipinski definition) is 1. The van der Waals surface area contributed by atoms with Gasteiger partial charge in [-0.1, -0.05) is 0 Å². The summed E-state index contributed by atoms with van der Waals surface area (Å²) in [6.07, 6.45) is 2.25. The molecule has 1 saturated carbocycles. The fourth-order valence-corrected chi connectivity index (χ4v) is 1.52. The molecule has 76 valence electrons. The highest BCUT2D eigenvalue weighted by atomic mass is 16.5. The third kappa shape index (κ3) is 2.67. The Morgan fingerprint density at radius 3 is 2.69 bits per heavy atom. The number of aliphatic hydroxyl groups is 1. The molecule has 1 N–H and O–H groups in total. The van der Waals surface area contributed by atoms with Crippen LogP contribution in [0, 0.1) is 0 Å². The van der Waals surface area contributed by atoms with E-state index in [-0.39, 0.29) is 18.6 Å². The smallest absolute Gasteiger partial charge is 0.322 e. The van der Waals surface area contributed by atoms with Crippen molar-refractivity contribution >= 4 is 5.97 Å². The molecule has 0 aromatic carbocycles. The van der Waals surface area contributed by atoms with Gasteiger partial charge in [-0.2, -0.15) is 0 Å². The van der Waals surface area contributed by atoms with Gasteiger partial charge in [0.1, 0.15) is 6.04 Å². The highest BCUT2D eigenvalue weighted by Gasteiger charge is 2.34. The highest BCUT2D eigenvalue weighted by Crippen LogP contribution is 2.28. The van der Waals surface area contributed by atoms with Crippen molar-refractivity contribution in [3.63, 3.8) is 0 Å². The van der Waals surface area contributed by atoms with E-state index in [0.717, 1.165) is 12.8 Å². The lowest BCUT2D eigenvalue weighted by Crippen LogP contribution is -2.42. The minimum absolute atomic E-state index is 0.0951. The van der Waals surface area contributed by atoms with Gasteiger partial charge in [-0.3, -0.25) is 9.69 Å². The predicted molar refractivity (Wildman–Crippen MR) is 48.3 cm³/mol. The lowest BCUT2D eigenvalue weighted by Gasteiger charge is -2.25. The molecule has 1 atom stereocenters. The van der Waals surface area contributed by atoms with Gasteiger partial charge >= 0.3 is 5.97 Å². The Balaban J connectivity index is 2.47. The molecule has 0 spiro atoms. The molecule has 1 aliphatic carbocycles. The summed E-state index contributed by atoms with van der Waals surface area (Å²) >= 11 is 0. The Morgan fingerprint density at radius 1 is 1.69 bits per heavy atom. The molecule has 4 heteroatoms. The summed E-state index contributed by atoms with van der Waals surface area (Å²) in [7, 11) is 1.39. The Bertz CT molecular complexity index is 180. The van der Waals surface area contributed by atoms with Crippen molar-refractivity contribution in [1.82, 2.24) is 4.90 Å². The second kappa shape index (κ2) is 4.58. The van der Waals surface area contributed by atoms with E-state index in [0.29, 0.717) is 12.6 Å². The maximum Gasteiger partial charge on any atom is 0.322 e. The standard InChI is InChI=1S/C9H17NO3/c1-7(9(12)13-2)10(5-6-11)8-3-4-8/h7-8,11H,3-6H2,1-2H3. The van der Waals surface area contributed by atoms with Gasteiger partial charge in [-0.05, 0) is 19.8 Å². The van der Waals surface area contributed by atoms with Crippen LogP contribution in [0.5, 0.6) is 0 Å². The van der Waals surface area contributed by atoms with Crippen molar-refractivity contribution in [3.8, 4) is 0 Å². The van der Waals surface area contributed by atoms with E-state index >= 15 is 0 Å². The molecule has 1 aliphatic rings. The Morgan fingerprint density at radius 2 is 2.31 bits per heavy atom. The van der Waals surface area contributed by atoms with Crippen molar-refractivity contribution in [2.24, 2.45) is 0 Å². The molecular weight excluding hydrogens is 170 g/mol. The van der Waals surface area contributed by atoms with E-state index in [2.05, 4.69) is 4.74 Å². The zero-order chi connectivity index (χ0) is 9.84. The molecule has 13 heavy (non-hydrogen) atoms. The zero-order valence-corrected chi connectivity index (χ0v) is 8.19. The topological polar surface area (TPSA) is 49.8 Å². The monoisotopic (exact) mass is 187 g/mol. The van der Waals surface area contributed by atoms with Crippen molar-refractivity contribution < 1.29 is 14.6 Å². The molecule has 0 heterocycles. The molecule has 0 bridgehead atoms. The Labute approximate surface area is 78.5 Å². The minimum atomic E-state index is -0.232. The van der Waals surface area contributed by atoms with Crippen LogP contribution in [-0.2, 0) is 9.53 Å². The number of rotatable bonds is 5. The molecule has 4 nitrogen and oxygen atoms in total. The number of ether oxygens (including phenoxy) is 1. The summed E-state index contributed by atoms with van der Waals surface area (Å²) in [5.41, 5.74) is 0. The van der Waals surface area contributed by atoms with E-state index in [9.17, 15) is 4.79 Å². The molecule has 0 aromatic rings. The van der Waals surface area contributed by atoms with Gasteiger partial charge in [0, 0.05) is 12.6 Å². The van der Waals surface area contributed by atoms with Crippen LogP contribution in [0.1, 0.15) is 19.8 Å². The second-order valence-electron chi connectivity index (χ2n) is 3.39. The number of hydrogen-bond acceptors (Lipinski definition) is 4. The van der Waals surface area contributed by atoms with Crippen molar-refractivity contribution in [2.45, 2.75) is 31.8 Å². The highest BCUT2D eigenvalue weighted by molar-refractivity contribution is 5.75. The van der Waals surface area contributed by atoms with E-state index < -0.39 is 0 Å². The van der Waals surface area contributed by atoms with Crippen molar-refractivity contribution in [3.05, 3.63) is 0 Å². The van der Waals surface area contributed by atoms with Gasteiger partial charge < -0.3 is 9.84 Å². The number of aliphatic hydroxyl groups excluding tert-OH is 1. The van der Waals surface area contributed by atoms with E-state index in [4.69, 9.17) is 5.11 Å². The molecule has 0 aromatic heterocycles. The van der Waals surface area contributed by atoms with Crippen LogP contribution < -0.4 is 0 Å². The summed E-state index contributed by atoms with van der Waals surface area (Å²) in [5, 5.41) is 8.82. The Hall–Kier alpha value is -0.610. The van der Waals surface area contributed by atoms with Crippen LogP contribution in [0.2, 0.25) is 0 Å².